The lowest BCUT2D eigenvalue weighted by atomic mass is 10.2. The van der Waals surface area contributed by atoms with Crippen molar-refractivity contribution >= 4 is 17.5 Å². The van der Waals surface area contributed by atoms with Crippen LogP contribution < -0.4 is 10.6 Å². The van der Waals surface area contributed by atoms with Crippen LogP contribution in [0.2, 0.25) is 0 Å². The van der Waals surface area contributed by atoms with Gasteiger partial charge in [-0.05, 0) is 43.2 Å². The number of anilines is 2. The van der Waals surface area contributed by atoms with Gasteiger partial charge in [-0.15, -0.1) is 0 Å². The number of hydrogen-bond acceptors (Lipinski definition) is 2. The van der Waals surface area contributed by atoms with Crippen LogP contribution in [0.1, 0.15) is 30.0 Å². The van der Waals surface area contributed by atoms with Crippen molar-refractivity contribution in [1.29, 1.82) is 0 Å². The van der Waals surface area contributed by atoms with Crippen LogP contribution in [-0.2, 0) is 6.18 Å². The van der Waals surface area contributed by atoms with Crippen LogP contribution in [0.4, 0.5) is 29.5 Å². The van der Waals surface area contributed by atoms with Crippen LogP contribution in [0.15, 0.2) is 60.7 Å². The fraction of sp³-hybridized carbons (Fsp3) is 0.200. The number of amides is 2. The predicted octanol–water partition coefficient (Wildman–Crippen LogP) is 5.41. The minimum atomic E-state index is -4.47. The Balaban J connectivity index is 1.55. The summed E-state index contributed by atoms with van der Waals surface area (Å²) in [6, 6.07) is 15.0. The molecule has 0 spiro atoms. The maximum atomic E-state index is 12.8. The number of alkyl halides is 3. The van der Waals surface area contributed by atoms with Gasteiger partial charge in [-0.25, -0.2) is 9.48 Å². The van der Waals surface area contributed by atoms with Crippen molar-refractivity contribution in [2.45, 2.75) is 24.9 Å². The molecule has 2 amide bonds. The zero-order valence-electron chi connectivity index (χ0n) is 14.7. The van der Waals surface area contributed by atoms with Crippen molar-refractivity contribution in [2.75, 3.05) is 10.6 Å². The van der Waals surface area contributed by atoms with E-state index < -0.39 is 17.8 Å². The third kappa shape index (κ3) is 4.00. The number of rotatable bonds is 4. The van der Waals surface area contributed by atoms with Gasteiger partial charge >= 0.3 is 12.2 Å². The molecule has 28 heavy (non-hydrogen) atoms. The zero-order valence-corrected chi connectivity index (χ0v) is 14.7. The topological polar surface area (TPSA) is 59.0 Å². The Morgan fingerprint density at radius 2 is 1.75 bits per heavy atom. The Morgan fingerprint density at radius 1 is 1.00 bits per heavy atom. The lowest BCUT2D eigenvalue weighted by Crippen LogP contribution is -2.21. The fourth-order valence-electron chi connectivity index (χ4n) is 2.89. The second-order valence-corrected chi connectivity index (χ2v) is 6.63. The van der Waals surface area contributed by atoms with Crippen molar-refractivity contribution in [3.8, 4) is 5.69 Å². The molecule has 4 rings (SSSR count). The van der Waals surface area contributed by atoms with Gasteiger partial charge < -0.3 is 5.32 Å². The van der Waals surface area contributed by atoms with Gasteiger partial charge in [0, 0.05) is 17.7 Å². The SMILES string of the molecule is O=C(Nc1cccc(C(F)(F)F)c1)Nc1cc(C2CC2)nn1-c1ccccc1. The van der Waals surface area contributed by atoms with E-state index in [9.17, 15) is 18.0 Å². The number of urea groups is 1. The molecule has 5 nitrogen and oxygen atoms in total. The van der Waals surface area contributed by atoms with E-state index in [4.69, 9.17) is 0 Å². The van der Waals surface area contributed by atoms with Crippen molar-refractivity contribution in [2.24, 2.45) is 0 Å². The molecule has 0 aliphatic heterocycles. The van der Waals surface area contributed by atoms with Gasteiger partial charge in [0.2, 0.25) is 0 Å². The second kappa shape index (κ2) is 7.03. The summed E-state index contributed by atoms with van der Waals surface area (Å²) in [5.41, 5.74) is 0.901. The quantitative estimate of drug-likeness (QED) is 0.630. The van der Waals surface area contributed by atoms with E-state index in [0.29, 0.717) is 11.7 Å². The summed E-state index contributed by atoms with van der Waals surface area (Å²) in [7, 11) is 0. The third-order valence-electron chi connectivity index (χ3n) is 4.41. The predicted molar refractivity (Wildman–Crippen MR) is 99.6 cm³/mol. The Kier molecular flexibility index (Phi) is 4.54. The molecule has 1 saturated carbocycles. The van der Waals surface area contributed by atoms with Crippen molar-refractivity contribution in [3.63, 3.8) is 0 Å². The fourth-order valence-corrected chi connectivity index (χ4v) is 2.89. The first kappa shape index (κ1) is 18.1. The van der Waals surface area contributed by atoms with Gasteiger partial charge in [0.25, 0.3) is 0 Å². The summed E-state index contributed by atoms with van der Waals surface area (Å²) in [6.07, 6.45) is -2.36. The van der Waals surface area contributed by atoms with E-state index in [2.05, 4.69) is 15.7 Å². The number of benzene rings is 2. The first-order chi connectivity index (χ1) is 13.4. The molecule has 2 aromatic carbocycles. The van der Waals surface area contributed by atoms with E-state index >= 15 is 0 Å². The van der Waals surface area contributed by atoms with Crippen molar-refractivity contribution in [1.82, 2.24) is 9.78 Å². The van der Waals surface area contributed by atoms with Crippen LogP contribution in [0, 0.1) is 0 Å². The van der Waals surface area contributed by atoms with Crippen LogP contribution in [0.5, 0.6) is 0 Å². The average molecular weight is 386 g/mol. The minimum Gasteiger partial charge on any atom is -0.308 e. The Morgan fingerprint density at radius 3 is 2.43 bits per heavy atom. The number of hydrogen-bond donors (Lipinski definition) is 2. The Hall–Kier alpha value is -3.29. The molecule has 8 heteroatoms. The summed E-state index contributed by atoms with van der Waals surface area (Å²) >= 11 is 0. The van der Waals surface area contributed by atoms with Crippen molar-refractivity contribution < 1.29 is 18.0 Å². The molecule has 3 aromatic rings. The monoisotopic (exact) mass is 386 g/mol. The number of carbonyl (C=O) groups is 1. The van der Waals surface area contributed by atoms with Crippen LogP contribution >= 0.6 is 0 Å². The first-order valence-corrected chi connectivity index (χ1v) is 8.81. The summed E-state index contributed by atoms with van der Waals surface area (Å²) in [5.74, 6) is 0.842. The van der Waals surface area contributed by atoms with E-state index in [1.807, 2.05) is 30.3 Å². The molecular weight excluding hydrogens is 369 g/mol. The molecule has 0 saturated heterocycles. The van der Waals surface area contributed by atoms with Crippen molar-refractivity contribution in [3.05, 3.63) is 71.9 Å². The van der Waals surface area contributed by atoms with E-state index in [0.717, 1.165) is 36.4 Å². The molecule has 144 valence electrons. The standard InChI is InChI=1S/C20H17F3N4O/c21-20(22,23)14-5-4-6-15(11-14)24-19(28)25-18-12-17(13-9-10-13)26-27(18)16-7-2-1-3-8-16/h1-8,11-13H,9-10H2,(H2,24,25,28). The molecule has 1 heterocycles. The number of para-hydroxylation sites is 1. The lowest BCUT2D eigenvalue weighted by molar-refractivity contribution is -0.137. The molecule has 1 aromatic heterocycles. The maximum Gasteiger partial charge on any atom is 0.416 e. The number of carbonyl (C=O) groups excluding carboxylic acids is 1. The van der Waals surface area contributed by atoms with Gasteiger partial charge in [0.1, 0.15) is 5.82 Å². The molecule has 1 fully saturated rings. The number of aromatic nitrogens is 2. The van der Waals surface area contributed by atoms with Gasteiger partial charge in [-0.2, -0.15) is 18.3 Å². The Bertz CT molecular complexity index is 994. The maximum absolute atomic E-state index is 12.8. The summed E-state index contributed by atoms with van der Waals surface area (Å²) in [6.45, 7) is 0. The summed E-state index contributed by atoms with van der Waals surface area (Å²) in [4.78, 5) is 12.4. The van der Waals surface area contributed by atoms with Gasteiger partial charge in [-0.1, -0.05) is 24.3 Å². The van der Waals surface area contributed by atoms with Gasteiger partial charge in [0.05, 0.1) is 16.9 Å². The second-order valence-electron chi connectivity index (χ2n) is 6.63. The Labute approximate surface area is 159 Å². The van der Waals surface area contributed by atoms with E-state index in [-0.39, 0.29) is 5.69 Å². The number of nitrogens with zero attached hydrogens (tertiary/aromatic N) is 2. The average Bonchev–Trinajstić information content (AvgIpc) is 3.43. The molecule has 2 N–H and O–H groups in total. The zero-order chi connectivity index (χ0) is 19.7. The highest BCUT2D eigenvalue weighted by Crippen LogP contribution is 2.40. The first-order valence-electron chi connectivity index (χ1n) is 8.81. The van der Waals surface area contributed by atoms with E-state index in [1.54, 1.807) is 10.7 Å². The minimum absolute atomic E-state index is 0.0560. The molecule has 0 radical (unpaired) electrons. The molecule has 0 unspecified atom stereocenters. The third-order valence-corrected chi connectivity index (χ3v) is 4.41. The number of halogens is 3. The molecule has 1 aliphatic carbocycles. The highest BCUT2D eigenvalue weighted by molar-refractivity contribution is 5.99. The molecule has 0 atom stereocenters. The molecule has 0 bridgehead atoms. The van der Waals surface area contributed by atoms with Crippen LogP contribution in [0.3, 0.4) is 0 Å². The summed E-state index contributed by atoms with van der Waals surface area (Å²) < 4.78 is 40.1. The molecule has 1 aliphatic rings. The molecular formula is C20H17F3N4O. The smallest absolute Gasteiger partial charge is 0.308 e. The highest BCUT2D eigenvalue weighted by atomic mass is 19.4. The normalized spacial score (nSPS) is 14.0. The van der Waals surface area contributed by atoms with Gasteiger partial charge in [0.15, 0.2) is 0 Å². The highest BCUT2D eigenvalue weighted by Gasteiger charge is 2.31. The number of nitrogens with one attached hydrogen (secondary N) is 2. The largest absolute Gasteiger partial charge is 0.416 e. The van der Waals surface area contributed by atoms with Gasteiger partial charge in [-0.3, -0.25) is 5.32 Å². The summed E-state index contributed by atoms with van der Waals surface area (Å²) in [5, 5.41) is 9.71. The lowest BCUT2D eigenvalue weighted by Gasteiger charge is -2.12. The van der Waals surface area contributed by atoms with Crippen LogP contribution in [0.25, 0.3) is 5.69 Å². The van der Waals surface area contributed by atoms with Crippen LogP contribution in [-0.4, -0.2) is 15.8 Å². The van der Waals surface area contributed by atoms with E-state index in [1.165, 1.54) is 12.1 Å².